The minimum Gasteiger partial charge on any atom is -0.353 e. The molecule has 0 spiro atoms. The van der Waals surface area contributed by atoms with Gasteiger partial charge in [-0.25, -0.2) is 4.98 Å². The van der Waals surface area contributed by atoms with Gasteiger partial charge in [0.05, 0.1) is 11.1 Å². The van der Waals surface area contributed by atoms with Crippen LogP contribution in [0.25, 0.3) is 11.4 Å². The second-order valence-corrected chi connectivity index (χ2v) is 9.45. The predicted octanol–water partition coefficient (Wildman–Crippen LogP) is 2.73. The van der Waals surface area contributed by atoms with Crippen LogP contribution in [0.5, 0.6) is 0 Å². The van der Waals surface area contributed by atoms with Crippen molar-refractivity contribution in [1.29, 1.82) is 0 Å². The molecule has 4 heterocycles. The fourth-order valence-corrected chi connectivity index (χ4v) is 5.20. The second-order valence-electron chi connectivity index (χ2n) is 9.45. The van der Waals surface area contributed by atoms with E-state index in [1.165, 1.54) is 12.8 Å². The van der Waals surface area contributed by atoms with E-state index in [-0.39, 0.29) is 12.5 Å². The highest BCUT2D eigenvalue weighted by molar-refractivity contribution is 6.22. The van der Waals surface area contributed by atoms with Gasteiger partial charge in [0.25, 0.3) is 11.8 Å². The smallest absolute Gasteiger partial charge is 0.262 e. The third kappa shape index (κ3) is 4.02. The summed E-state index contributed by atoms with van der Waals surface area (Å²) in [6, 6.07) is 10.5. The number of carbonyl (C=O) groups excluding carboxylic acids is 3. The van der Waals surface area contributed by atoms with Crippen molar-refractivity contribution < 1.29 is 18.9 Å². The van der Waals surface area contributed by atoms with Crippen molar-refractivity contribution in [2.45, 2.75) is 31.6 Å². The van der Waals surface area contributed by atoms with E-state index in [4.69, 9.17) is 4.52 Å². The van der Waals surface area contributed by atoms with Crippen molar-refractivity contribution in [2.24, 2.45) is 0 Å². The second kappa shape index (κ2) is 9.18. The molecule has 0 unspecified atom stereocenters. The summed E-state index contributed by atoms with van der Waals surface area (Å²) in [7, 11) is 0. The van der Waals surface area contributed by atoms with E-state index in [1.54, 1.807) is 35.4 Å². The van der Waals surface area contributed by atoms with Gasteiger partial charge < -0.3 is 14.3 Å². The van der Waals surface area contributed by atoms with E-state index in [2.05, 4.69) is 20.0 Å². The van der Waals surface area contributed by atoms with Crippen molar-refractivity contribution in [1.82, 2.24) is 24.9 Å². The summed E-state index contributed by atoms with van der Waals surface area (Å²) in [6.45, 7) is 1.94. The molecule has 10 nitrogen and oxygen atoms in total. The number of rotatable bonds is 5. The number of hydrogen-bond donors (Lipinski definition) is 0. The summed E-state index contributed by atoms with van der Waals surface area (Å²) in [6.07, 6.45) is 6.37. The number of anilines is 1. The average molecular weight is 487 g/mol. The molecule has 0 radical (unpaired) electrons. The molecule has 3 aliphatic rings. The largest absolute Gasteiger partial charge is 0.353 e. The Morgan fingerprint density at radius 1 is 0.944 bits per heavy atom. The SMILES string of the molecule is O=C(CN1C(=O)c2ccccc2C1=O)N1CCN(c2ccc(-c3noc(C4CCCC4)n3)cn2)CC1. The Bertz CT molecular complexity index is 1270. The van der Waals surface area contributed by atoms with Crippen LogP contribution in [-0.2, 0) is 4.79 Å². The molecule has 6 rings (SSSR count). The molecule has 1 aromatic carbocycles. The van der Waals surface area contributed by atoms with Gasteiger partial charge in [0.1, 0.15) is 12.4 Å². The fraction of sp³-hybridized carbons (Fsp3) is 0.385. The van der Waals surface area contributed by atoms with E-state index >= 15 is 0 Å². The maximum absolute atomic E-state index is 12.9. The zero-order valence-electron chi connectivity index (χ0n) is 19.8. The standard InChI is InChI=1S/C26H26N6O4/c33-22(16-32-25(34)19-7-3-4-8-20(19)26(32)35)31-13-11-30(12-14-31)21-10-9-18(15-27-21)23-28-24(36-29-23)17-5-1-2-6-17/h3-4,7-10,15,17H,1-2,5-6,11-14,16H2. The summed E-state index contributed by atoms with van der Waals surface area (Å²) >= 11 is 0. The highest BCUT2D eigenvalue weighted by atomic mass is 16.5. The van der Waals surface area contributed by atoms with Gasteiger partial charge in [-0.1, -0.05) is 30.1 Å². The van der Waals surface area contributed by atoms with E-state index in [0.717, 1.165) is 29.1 Å². The van der Waals surface area contributed by atoms with Gasteiger partial charge in [-0.15, -0.1) is 0 Å². The molecule has 2 aliphatic heterocycles. The Hall–Kier alpha value is -4.08. The van der Waals surface area contributed by atoms with E-state index in [0.29, 0.717) is 54.9 Å². The van der Waals surface area contributed by atoms with Gasteiger partial charge in [-0.05, 0) is 37.1 Å². The topological polar surface area (TPSA) is 113 Å². The number of piperazine rings is 1. The summed E-state index contributed by atoms with van der Waals surface area (Å²) < 4.78 is 5.48. The third-order valence-electron chi connectivity index (χ3n) is 7.28. The van der Waals surface area contributed by atoms with Crippen molar-refractivity contribution in [3.8, 4) is 11.4 Å². The van der Waals surface area contributed by atoms with E-state index in [1.807, 2.05) is 12.1 Å². The number of aromatic nitrogens is 3. The van der Waals surface area contributed by atoms with E-state index in [9.17, 15) is 14.4 Å². The maximum atomic E-state index is 12.9. The first kappa shape index (κ1) is 22.4. The van der Waals surface area contributed by atoms with Crippen LogP contribution >= 0.6 is 0 Å². The Balaban J connectivity index is 1.04. The van der Waals surface area contributed by atoms with Crippen LogP contribution in [-0.4, -0.2) is 75.4 Å². The lowest BCUT2D eigenvalue weighted by atomic mass is 10.1. The molecule has 0 N–H and O–H groups in total. The van der Waals surface area contributed by atoms with Crippen LogP contribution in [0.1, 0.15) is 58.2 Å². The highest BCUT2D eigenvalue weighted by Crippen LogP contribution is 2.34. The van der Waals surface area contributed by atoms with Crippen molar-refractivity contribution >= 4 is 23.5 Å². The van der Waals surface area contributed by atoms with E-state index < -0.39 is 11.8 Å². The average Bonchev–Trinajstić information content (AvgIpc) is 3.67. The summed E-state index contributed by atoms with van der Waals surface area (Å²) in [5.41, 5.74) is 1.51. The Labute approximate surface area is 207 Å². The first-order valence-electron chi connectivity index (χ1n) is 12.4. The Morgan fingerprint density at radius 2 is 1.64 bits per heavy atom. The van der Waals surface area contributed by atoms with Gasteiger partial charge in [0.15, 0.2) is 0 Å². The van der Waals surface area contributed by atoms with Crippen molar-refractivity contribution in [3.05, 3.63) is 59.6 Å². The van der Waals surface area contributed by atoms with Crippen molar-refractivity contribution in [3.63, 3.8) is 0 Å². The predicted molar refractivity (Wildman–Crippen MR) is 129 cm³/mol. The fourth-order valence-electron chi connectivity index (χ4n) is 5.20. The van der Waals surface area contributed by atoms with Crippen LogP contribution in [0.15, 0.2) is 47.1 Å². The lowest BCUT2D eigenvalue weighted by Gasteiger charge is -2.36. The summed E-state index contributed by atoms with van der Waals surface area (Å²) in [4.78, 5) is 52.0. The normalized spacial score (nSPS) is 18.3. The molecule has 1 aliphatic carbocycles. The van der Waals surface area contributed by atoms with Gasteiger partial charge in [-0.3, -0.25) is 19.3 Å². The molecule has 0 atom stereocenters. The molecule has 2 fully saturated rings. The minimum absolute atomic E-state index is 0.234. The number of pyridine rings is 1. The van der Waals surface area contributed by atoms with Gasteiger partial charge >= 0.3 is 0 Å². The quantitative estimate of drug-likeness (QED) is 0.506. The van der Waals surface area contributed by atoms with Crippen LogP contribution in [0, 0.1) is 0 Å². The molecule has 10 heteroatoms. The lowest BCUT2D eigenvalue weighted by Crippen LogP contribution is -2.52. The van der Waals surface area contributed by atoms with Crippen LogP contribution in [0.2, 0.25) is 0 Å². The first-order valence-corrected chi connectivity index (χ1v) is 12.4. The number of nitrogens with zero attached hydrogens (tertiary/aromatic N) is 6. The minimum atomic E-state index is -0.413. The molecule has 36 heavy (non-hydrogen) atoms. The number of amides is 3. The maximum Gasteiger partial charge on any atom is 0.262 e. The monoisotopic (exact) mass is 486 g/mol. The number of hydrogen-bond acceptors (Lipinski definition) is 8. The van der Waals surface area contributed by atoms with Gasteiger partial charge in [0.2, 0.25) is 17.6 Å². The Kier molecular flexibility index (Phi) is 5.71. The Morgan fingerprint density at radius 3 is 2.28 bits per heavy atom. The number of fused-ring (bicyclic) bond motifs is 1. The molecular formula is C26H26N6O4. The zero-order chi connectivity index (χ0) is 24.6. The van der Waals surface area contributed by atoms with Crippen molar-refractivity contribution in [2.75, 3.05) is 37.6 Å². The van der Waals surface area contributed by atoms with Crippen LogP contribution < -0.4 is 4.90 Å². The first-order chi connectivity index (χ1) is 17.6. The molecule has 2 aromatic heterocycles. The number of imide groups is 1. The molecule has 1 saturated heterocycles. The highest BCUT2D eigenvalue weighted by Gasteiger charge is 2.37. The van der Waals surface area contributed by atoms with Gasteiger partial charge in [0, 0.05) is 43.9 Å². The molecular weight excluding hydrogens is 460 g/mol. The molecule has 184 valence electrons. The lowest BCUT2D eigenvalue weighted by molar-refractivity contribution is -0.131. The number of carbonyl (C=O) groups is 3. The molecule has 1 saturated carbocycles. The third-order valence-corrected chi connectivity index (χ3v) is 7.28. The summed E-state index contributed by atoms with van der Waals surface area (Å²) in [5.74, 6) is 1.39. The van der Waals surface area contributed by atoms with Crippen LogP contribution in [0.3, 0.4) is 0 Å². The molecule has 3 amide bonds. The zero-order valence-corrected chi connectivity index (χ0v) is 19.8. The number of benzene rings is 1. The van der Waals surface area contributed by atoms with Crippen LogP contribution in [0.4, 0.5) is 5.82 Å². The molecule has 3 aromatic rings. The van der Waals surface area contributed by atoms with Gasteiger partial charge in [-0.2, -0.15) is 4.98 Å². The summed E-state index contributed by atoms with van der Waals surface area (Å²) in [5, 5.41) is 4.13. The molecule has 0 bridgehead atoms.